The topological polar surface area (TPSA) is 99.7 Å². The van der Waals surface area contributed by atoms with Gasteiger partial charge in [-0.2, -0.15) is 0 Å². The zero-order valence-corrected chi connectivity index (χ0v) is 12.1. The molecule has 1 aliphatic carbocycles. The third-order valence-corrected chi connectivity index (χ3v) is 3.81. The van der Waals surface area contributed by atoms with Crippen molar-refractivity contribution in [3.05, 3.63) is 33.9 Å². The Balaban J connectivity index is 1.97. The van der Waals surface area contributed by atoms with E-state index in [0.717, 1.165) is 31.2 Å². The summed E-state index contributed by atoms with van der Waals surface area (Å²) in [6.45, 7) is 0.354. The van der Waals surface area contributed by atoms with Crippen LogP contribution in [0.3, 0.4) is 0 Å². The van der Waals surface area contributed by atoms with Crippen molar-refractivity contribution in [2.45, 2.75) is 44.5 Å². The summed E-state index contributed by atoms with van der Waals surface area (Å²) < 4.78 is 11.2. The summed E-state index contributed by atoms with van der Waals surface area (Å²) in [6.07, 6.45) is 4.43. The van der Waals surface area contributed by atoms with Gasteiger partial charge in [0.1, 0.15) is 5.69 Å². The number of benzene rings is 1. The molecule has 1 aromatic rings. The Hall–Kier alpha value is -1.70. The maximum Gasteiger partial charge on any atom is 0.294 e. The van der Waals surface area contributed by atoms with Gasteiger partial charge in [0, 0.05) is 13.2 Å². The fraction of sp³-hybridized carbons (Fsp3) is 0.571. The molecule has 7 nitrogen and oxygen atoms in total. The first-order chi connectivity index (χ1) is 10.1. The van der Waals surface area contributed by atoms with Gasteiger partial charge in [-0.15, -0.1) is 0 Å². The van der Waals surface area contributed by atoms with Crippen LogP contribution < -0.4 is 11.3 Å². The molecule has 2 unspecified atom stereocenters. The summed E-state index contributed by atoms with van der Waals surface area (Å²) in [4.78, 5) is 10.5. The molecule has 0 saturated heterocycles. The van der Waals surface area contributed by atoms with Crippen molar-refractivity contribution in [1.82, 2.24) is 0 Å². The van der Waals surface area contributed by atoms with Crippen LogP contribution in [0.1, 0.15) is 31.2 Å². The van der Waals surface area contributed by atoms with E-state index in [4.69, 9.17) is 15.3 Å². The fourth-order valence-corrected chi connectivity index (χ4v) is 2.62. The number of anilines is 1. The van der Waals surface area contributed by atoms with E-state index in [1.54, 1.807) is 19.2 Å². The van der Waals surface area contributed by atoms with Gasteiger partial charge in [0.05, 0.1) is 23.7 Å². The molecule has 3 N–H and O–H groups in total. The highest BCUT2D eigenvalue weighted by atomic mass is 16.6. The van der Waals surface area contributed by atoms with Crippen molar-refractivity contribution in [3.63, 3.8) is 0 Å². The van der Waals surface area contributed by atoms with Crippen LogP contribution in [0.2, 0.25) is 0 Å². The maximum atomic E-state index is 11.0. The zero-order valence-electron chi connectivity index (χ0n) is 12.1. The largest absolute Gasteiger partial charge is 0.381 e. The Morgan fingerprint density at radius 2 is 2.19 bits per heavy atom. The minimum atomic E-state index is -0.458. The molecule has 21 heavy (non-hydrogen) atoms. The number of rotatable bonds is 6. The van der Waals surface area contributed by atoms with E-state index in [9.17, 15) is 10.1 Å². The first kappa shape index (κ1) is 15.7. The lowest BCUT2D eigenvalue weighted by atomic mass is 9.95. The fourth-order valence-electron chi connectivity index (χ4n) is 2.62. The molecule has 1 saturated carbocycles. The lowest BCUT2D eigenvalue weighted by molar-refractivity contribution is -0.384. The van der Waals surface area contributed by atoms with Gasteiger partial charge < -0.3 is 14.9 Å². The first-order valence-electron chi connectivity index (χ1n) is 7.02. The van der Waals surface area contributed by atoms with Crippen LogP contribution in [-0.4, -0.2) is 24.2 Å². The van der Waals surface area contributed by atoms with E-state index < -0.39 is 4.92 Å². The first-order valence-corrected chi connectivity index (χ1v) is 7.02. The van der Waals surface area contributed by atoms with Gasteiger partial charge in [-0.25, -0.2) is 0 Å². The van der Waals surface area contributed by atoms with E-state index in [-0.39, 0.29) is 17.9 Å². The number of nitro benzene ring substituents is 1. The summed E-state index contributed by atoms with van der Waals surface area (Å²) in [7, 11) is 1.72. The summed E-state index contributed by atoms with van der Waals surface area (Å²) >= 11 is 0. The van der Waals surface area contributed by atoms with Gasteiger partial charge >= 0.3 is 0 Å². The lowest BCUT2D eigenvalue weighted by Gasteiger charge is -2.28. The molecule has 2 rings (SSSR count). The third kappa shape index (κ3) is 4.13. The number of nitrogens with two attached hydrogens (primary N) is 1. The van der Waals surface area contributed by atoms with Gasteiger partial charge in [0.25, 0.3) is 5.69 Å². The number of hydrazine groups is 1. The van der Waals surface area contributed by atoms with E-state index in [1.165, 1.54) is 6.07 Å². The monoisotopic (exact) mass is 295 g/mol. The second-order valence-corrected chi connectivity index (χ2v) is 5.21. The molecule has 116 valence electrons. The predicted octanol–water partition coefficient (Wildman–Crippen LogP) is 2.35. The van der Waals surface area contributed by atoms with Gasteiger partial charge in [0.2, 0.25) is 0 Å². The Labute approximate surface area is 123 Å². The second kappa shape index (κ2) is 7.35. The van der Waals surface area contributed by atoms with Crippen molar-refractivity contribution < 1.29 is 14.4 Å². The van der Waals surface area contributed by atoms with Crippen LogP contribution in [0.5, 0.6) is 0 Å². The molecule has 1 aromatic carbocycles. The van der Waals surface area contributed by atoms with E-state index >= 15 is 0 Å². The molecule has 0 spiro atoms. The van der Waals surface area contributed by atoms with Crippen molar-refractivity contribution in [2.75, 3.05) is 12.5 Å². The molecule has 0 bridgehead atoms. The predicted molar refractivity (Wildman–Crippen MR) is 78.7 cm³/mol. The quantitative estimate of drug-likeness (QED) is 0.475. The molecular weight excluding hydrogens is 274 g/mol. The minimum Gasteiger partial charge on any atom is -0.381 e. The Morgan fingerprint density at radius 3 is 2.86 bits per heavy atom. The van der Waals surface area contributed by atoms with Gasteiger partial charge in [-0.1, -0.05) is 6.07 Å². The Kier molecular flexibility index (Phi) is 5.49. The van der Waals surface area contributed by atoms with Crippen LogP contribution in [-0.2, 0) is 16.1 Å². The number of nitro groups is 1. The maximum absolute atomic E-state index is 11.0. The van der Waals surface area contributed by atoms with Crippen molar-refractivity contribution >= 4 is 11.4 Å². The summed E-state index contributed by atoms with van der Waals surface area (Å²) in [6, 6.07) is 4.86. The smallest absolute Gasteiger partial charge is 0.294 e. The van der Waals surface area contributed by atoms with Gasteiger partial charge in [0.15, 0.2) is 0 Å². The second-order valence-electron chi connectivity index (χ2n) is 5.21. The highest BCUT2D eigenvalue weighted by molar-refractivity contribution is 5.61. The standard InChI is InChI=1S/C14H21N3O4/c1-20-11-3-2-4-12(8-11)21-9-10-5-6-13(16-15)14(7-10)17(18)19/h5-7,11-12,16H,2-4,8-9,15H2,1H3. The molecule has 0 aromatic heterocycles. The number of methoxy groups -OCH3 is 1. The average Bonchev–Trinajstić information content (AvgIpc) is 2.52. The molecule has 1 fully saturated rings. The van der Waals surface area contributed by atoms with Crippen LogP contribution in [0, 0.1) is 10.1 Å². The van der Waals surface area contributed by atoms with Crippen LogP contribution in [0.4, 0.5) is 11.4 Å². The number of nitrogens with one attached hydrogen (secondary N) is 1. The normalized spacial score (nSPS) is 22.0. The van der Waals surface area contributed by atoms with Gasteiger partial charge in [-0.3, -0.25) is 16.0 Å². The third-order valence-electron chi connectivity index (χ3n) is 3.81. The SMILES string of the molecule is COC1CCCC(OCc2ccc(NN)c([N+](=O)[O-])c2)C1. The van der Waals surface area contributed by atoms with Crippen LogP contribution in [0.25, 0.3) is 0 Å². The molecule has 2 atom stereocenters. The molecule has 0 amide bonds. The highest BCUT2D eigenvalue weighted by Crippen LogP contribution is 2.27. The summed E-state index contributed by atoms with van der Waals surface area (Å²) in [5.74, 6) is 5.26. The van der Waals surface area contributed by atoms with Crippen molar-refractivity contribution in [2.24, 2.45) is 5.84 Å². The molecule has 0 radical (unpaired) electrons. The Morgan fingerprint density at radius 1 is 1.43 bits per heavy atom. The number of nitrogen functional groups attached to an aromatic ring is 1. The van der Waals surface area contributed by atoms with Gasteiger partial charge in [-0.05, 0) is 37.3 Å². The average molecular weight is 295 g/mol. The molecule has 1 aliphatic rings. The number of nitrogens with zero attached hydrogens (tertiary/aromatic N) is 1. The molecule has 7 heteroatoms. The molecular formula is C14H21N3O4. The minimum absolute atomic E-state index is 0.0444. The number of hydrogen-bond acceptors (Lipinski definition) is 6. The number of hydrogen-bond donors (Lipinski definition) is 2. The summed E-state index contributed by atoms with van der Waals surface area (Å²) in [5, 5.41) is 11.0. The van der Waals surface area contributed by atoms with Crippen LogP contribution in [0.15, 0.2) is 18.2 Å². The van der Waals surface area contributed by atoms with Crippen molar-refractivity contribution in [1.29, 1.82) is 0 Å². The van der Waals surface area contributed by atoms with E-state index in [0.29, 0.717) is 12.3 Å². The Bertz CT molecular complexity index is 495. The van der Waals surface area contributed by atoms with E-state index in [1.807, 2.05) is 0 Å². The lowest BCUT2D eigenvalue weighted by Crippen LogP contribution is -2.27. The van der Waals surface area contributed by atoms with Crippen molar-refractivity contribution in [3.8, 4) is 0 Å². The number of ether oxygens (including phenoxy) is 2. The summed E-state index contributed by atoms with van der Waals surface area (Å²) in [5.41, 5.74) is 3.34. The highest BCUT2D eigenvalue weighted by Gasteiger charge is 2.22. The van der Waals surface area contributed by atoms with Crippen LogP contribution >= 0.6 is 0 Å². The van der Waals surface area contributed by atoms with E-state index in [2.05, 4.69) is 5.43 Å². The zero-order chi connectivity index (χ0) is 15.2. The molecule has 0 aliphatic heterocycles. The molecule has 0 heterocycles.